The molecule has 272 valence electrons. The largest absolute Gasteiger partial charge is 0.248 e. The maximum Gasteiger partial charge on any atom is 0.0715 e. The summed E-state index contributed by atoms with van der Waals surface area (Å²) in [7, 11) is 0. The zero-order valence-corrected chi connectivity index (χ0v) is 31.8. The van der Waals surface area contributed by atoms with E-state index in [1.807, 2.05) is 12.1 Å². The van der Waals surface area contributed by atoms with Crippen LogP contribution in [0.5, 0.6) is 0 Å². The van der Waals surface area contributed by atoms with Gasteiger partial charge >= 0.3 is 0 Å². The Balaban J connectivity index is 0.982. The van der Waals surface area contributed by atoms with Gasteiger partial charge in [0.25, 0.3) is 0 Å². The van der Waals surface area contributed by atoms with Gasteiger partial charge in [-0.25, -0.2) is 9.97 Å². The van der Waals surface area contributed by atoms with Crippen molar-refractivity contribution in [3.8, 4) is 89.5 Å². The molecule has 0 radical (unpaired) electrons. The number of hydrogen-bond acceptors (Lipinski definition) is 2. The Morgan fingerprint density at radius 2 is 0.466 bits per heavy atom. The van der Waals surface area contributed by atoms with Crippen molar-refractivity contribution < 1.29 is 0 Å². The predicted molar refractivity (Wildman–Crippen MR) is 243 cm³/mol. The molecule has 0 saturated carbocycles. The van der Waals surface area contributed by atoms with Crippen LogP contribution in [-0.2, 0) is 0 Å². The minimum atomic E-state index is 0.952. The zero-order chi connectivity index (χ0) is 38.7. The normalized spacial score (nSPS) is 11.1. The zero-order valence-electron chi connectivity index (χ0n) is 31.8. The minimum Gasteiger partial charge on any atom is -0.248 e. The van der Waals surface area contributed by atoms with Gasteiger partial charge in [-0.3, -0.25) is 0 Å². The van der Waals surface area contributed by atoms with Gasteiger partial charge in [-0.05, 0) is 79.5 Å². The Bertz CT molecular complexity index is 2670. The summed E-state index contributed by atoms with van der Waals surface area (Å²) in [5.74, 6) is 0. The summed E-state index contributed by atoms with van der Waals surface area (Å²) < 4.78 is 0. The number of fused-ring (bicyclic) bond motifs is 1. The molecule has 0 spiro atoms. The summed E-state index contributed by atoms with van der Waals surface area (Å²) in [4.78, 5) is 10.3. The smallest absolute Gasteiger partial charge is 0.0715 e. The molecule has 10 aromatic rings. The molecule has 0 bridgehead atoms. The first-order valence-electron chi connectivity index (χ1n) is 19.7. The van der Waals surface area contributed by atoms with Crippen molar-refractivity contribution in [1.82, 2.24) is 9.97 Å². The van der Waals surface area contributed by atoms with Crippen LogP contribution < -0.4 is 0 Å². The highest BCUT2D eigenvalue weighted by Gasteiger charge is 2.13. The van der Waals surface area contributed by atoms with Gasteiger partial charge in [0.05, 0.1) is 22.8 Å². The van der Waals surface area contributed by atoms with Crippen LogP contribution in [0.4, 0.5) is 0 Å². The number of rotatable bonds is 8. The van der Waals surface area contributed by atoms with Gasteiger partial charge in [0.15, 0.2) is 0 Å². The molecule has 0 fully saturated rings. The van der Waals surface area contributed by atoms with E-state index in [1.165, 1.54) is 44.2 Å². The molecule has 58 heavy (non-hydrogen) atoms. The van der Waals surface area contributed by atoms with E-state index in [0.29, 0.717) is 0 Å². The quantitative estimate of drug-likeness (QED) is 0.155. The van der Waals surface area contributed by atoms with Crippen molar-refractivity contribution in [2.24, 2.45) is 0 Å². The van der Waals surface area contributed by atoms with Crippen LogP contribution in [0.25, 0.3) is 100 Å². The predicted octanol–water partition coefficient (Wildman–Crippen LogP) is 15.0. The van der Waals surface area contributed by atoms with Gasteiger partial charge in [0.1, 0.15) is 0 Å². The van der Waals surface area contributed by atoms with Gasteiger partial charge in [0.2, 0.25) is 0 Å². The average molecular weight is 739 g/mol. The summed E-state index contributed by atoms with van der Waals surface area (Å²) in [5.41, 5.74) is 17.6. The van der Waals surface area contributed by atoms with Crippen LogP contribution >= 0.6 is 0 Å². The number of hydrogen-bond donors (Lipinski definition) is 0. The summed E-state index contributed by atoms with van der Waals surface area (Å²) in [5, 5.41) is 2.44. The molecule has 0 unspecified atom stereocenters. The van der Waals surface area contributed by atoms with Crippen LogP contribution in [0, 0.1) is 0 Å². The highest BCUT2D eigenvalue weighted by atomic mass is 14.7. The van der Waals surface area contributed by atoms with Crippen LogP contribution in [0.15, 0.2) is 231 Å². The Labute approximate surface area is 339 Å². The fraction of sp³-hybridized carbons (Fsp3) is 0. The van der Waals surface area contributed by atoms with Gasteiger partial charge in [-0.1, -0.05) is 206 Å². The van der Waals surface area contributed by atoms with E-state index >= 15 is 0 Å². The molecule has 2 heteroatoms. The molecule has 0 N–H and O–H groups in total. The number of pyridine rings is 2. The maximum absolute atomic E-state index is 5.15. The van der Waals surface area contributed by atoms with Gasteiger partial charge in [-0.2, -0.15) is 0 Å². The Kier molecular flexibility index (Phi) is 9.27. The molecule has 8 aromatic carbocycles. The fourth-order valence-corrected chi connectivity index (χ4v) is 7.92. The first-order chi connectivity index (χ1) is 28.7. The van der Waals surface area contributed by atoms with E-state index < -0.39 is 0 Å². The van der Waals surface area contributed by atoms with E-state index in [1.54, 1.807) is 0 Å². The topological polar surface area (TPSA) is 25.8 Å². The van der Waals surface area contributed by atoms with E-state index in [0.717, 1.165) is 56.2 Å². The lowest BCUT2D eigenvalue weighted by molar-refractivity contribution is 1.32. The lowest BCUT2D eigenvalue weighted by Crippen LogP contribution is -1.92. The molecule has 0 aliphatic carbocycles. The van der Waals surface area contributed by atoms with Crippen LogP contribution in [-0.4, -0.2) is 9.97 Å². The molecule has 2 aromatic heterocycles. The molecular weight excluding hydrogens is 701 g/mol. The lowest BCUT2D eigenvalue weighted by Gasteiger charge is -2.13. The lowest BCUT2D eigenvalue weighted by atomic mass is 9.92. The fourth-order valence-electron chi connectivity index (χ4n) is 7.92. The number of benzene rings is 8. The van der Waals surface area contributed by atoms with Crippen molar-refractivity contribution in [2.45, 2.75) is 0 Å². The monoisotopic (exact) mass is 738 g/mol. The second-order valence-corrected chi connectivity index (χ2v) is 14.6. The molecule has 2 nitrogen and oxygen atoms in total. The van der Waals surface area contributed by atoms with Gasteiger partial charge < -0.3 is 0 Å². The second kappa shape index (κ2) is 15.5. The Morgan fingerprint density at radius 3 is 0.793 bits per heavy atom. The number of aromatic nitrogens is 2. The van der Waals surface area contributed by atoms with Crippen LogP contribution in [0.1, 0.15) is 0 Å². The first-order valence-corrected chi connectivity index (χ1v) is 19.7. The van der Waals surface area contributed by atoms with Crippen molar-refractivity contribution >= 4 is 10.8 Å². The van der Waals surface area contributed by atoms with E-state index in [-0.39, 0.29) is 0 Å². The third-order valence-corrected chi connectivity index (χ3v) is 10.9. The molecule has 10 rings (SSSR count). The summed E-state index contributed by atoms with van der Waals surface area (Å²) >= 11 is 0. The van der Waals surface area contributed by atoms with Crippen molar-refractivity contribution in [3.63, 3.8) is 0 Å². The molecule has 0 atom stereocenters. The van der Waals surface area contributed by atoms with Gasteiger partial charge in [0, 0.05) is 22.3 Å². The minimum absolute atomic E-state index is 0.952. The van der Waals surface area contributed by atoms with E-state index in [9.17, 15) is 0 Å². The van der Waals surface area contributed by atoms with Crippen molar-refractivity contribution in [3.05, 3.63) is 231 Å². The molecule has 0 aliphatic rings. The third kappa shape index (κ3) is 7.00. The maximum atomic E-state index is 5.15. The average Bonchev–Trinajstić information content (AvgIpc) is 3.32. The summed E-state index contributed by atoms with van der Waals surface area (Å²) in [6, 6.07) is 81.7. The molecule has 0 saturated heterocycles. The molecular formula is C56H38N2. The molecule has 0 aliphatic heterocycles. The Morgan fingerprint density at radius 1 is 0.190 bits per heavy atom. The summed E-state index contributed by atoms with van der Waals surface area (Å²) in [6.45, 7) is 0. The first kappa shape index (κ1) is 34.8. The van der Waals surface area contributed by atoms with Crippen molar-refractivity contribution in [1.29, 1.82) is 0 Å². The van der Waals surface area contributed by atoms with E-state index in [4.69, 9.17) is 9.97 Å². The third-order valence-electron chi connectivity index (χ3n) is 10.9. The number of nitrogens with zero attached hydrogens (tertiary/aromatic N) is 2. The van der Waals surface area contributed by atoms with Crippen LogP contribution in [0.2, 0.25) is 0 Å². The molecule has 2 heterocycles. The SMILES string of the molecule is c1ccc(-c2cc(-c3ccccc3)nc(-c3ccc(-c4cccc5c(-c6ccc(-c7cc(-c8ccccc8)cc(-c8ccccc8)n7)cc6)cccc45)cc3)c2)cc1. The Hall–Kier alpha value is -7.68. The standard InChI is InChI=1S/C56H38N2/c1-5-15-39(16-6-1)47-35-53(43-19-9-3-10-20-43)57-55(37-47)45-31-27-41(28-32-45)49-23-13-26-52-50(24-14-25-51(49)52)42-29-33-46(34-30-42)56-38-48(40-17-7-2-8-18-40)36-54(58-56)44-21-11-4-12-22-44/h1-38H. The van der Waals surface area contributed by atoms with Crippen molar-refractivity contribution in [2.75, 3.05) is 0 Å². The van der Waals surface area contributed by atoms with Gasteiger partial charge in [-0.15, -0.1) is 0 Å². The second-order valence-electron chi connectivity index (χ2n) is 14.6. The summed E-state index contributed by atoms with van der Waals surface area (Å²) in [6.07, 6.45) is 0. The highest BCUT2D eigenvalue weighted by Crippen LogP contribution is 2.38. The van der Waals surface area contributed by atoms with E-state index in [2.05, 4.69) is 218 Å². The van der Waals surface area contributed by atoms with Crippen LogP contribution in [0.3, 0.4) is 0 Å². The molecule has 0 amide bonds. The highest BCUT2D eigenvalue weighted by molar-refractivity contribution is 6.04.